The summed E-state index contributed by atoms with van der Waals surface area (Å²) in [6, 6.07) is 1.87. The Morgan fingerprint density at radius 1 is 1.38 bits per heavy atom. The van der Waals surface area contributed by atoms with Crippen LogP contribution >= 0.6 is 11.6 Å². The number of pyridine rings is 1. The Balaban J connectivity index is 1.74. The average Bonchev–Trinajstić information content (AvgIpc) is 2.79. The second kappa shape index (κ2) is 5.51. The Bertz CT molecular complexity index is 427. The van der Waals surface area contributed by atoms with Gasteiger partial charge in [0.05, 0.1) is 10.7 Å². The number of nitrogens with one attached hydrogen (secondary N) is 2. The number of halogens is 1. The molecule has 0 saturated heterocycles. The standard InChI is InChI=1S/C11H13ClN4/c12-9-8-13-5-3-10(9)14-4-1-2-11-15-6-7-16-11/h3,5-8H,1-2,4H2,(H,13,14)(H,15,16). The van der Waals surface area contributed by atoms with E-state index in [1.807, 2.05) is 12.3 Å². The van der Waals surface area contributed by atoms with Crippen LogP contribution in [0.2, 0.25) is 5.02 Å². The highest BCUT2D eigenvalue weighted by Crippen LogP contribution is 2.18. The summed E-state index contributed by atoms with van der Waals surface area (Å²) in [7, 11) is 0. The molecule has 0 aromatic carbocycles. The number of aromatic nitrogens is 3. The summed E-state index contributed by atoms with van der Waals surface area (Å²) in [5, 5.41) is 3.91. The van der Waals surface area contributed by atoms with E-state index in [0.717, 1.165) is 30.9 Å². The minimum absolute atomic E-state index is 0.653. The Hall–Kier alpha value is -1.55. The van der Waals surface area contributed by atoms with Crippen molar-refractivity contribution in [3.63, 3.8) is 0 Å². The predicted molar refractivity (Wildman–Crippen MR) is 64.6 cm³/mol. The van der Waals surface area contributed by atoms with Gasteiger partial charge in [0.1, 0.15) is 5.82 Å². The van der Waals surface area contributed by atoms with E-state index in [2.05, 4.69) is 20.3 Å². The molecule has 5 heteroatoms. The van der Waals surface area contributed by atoms with E-state index < -0.39 is 0 Å². The van der Waals surface area contributed by atoms with Gasteiger partial charge in [0.2, 0.25) is 0 Å². The molecular formula is C11H13ClN4. The number of nitrogens with zero attached hydrogens (tertiary/aromatic N) is 2. The van der Waals surface area contributed by atoms with Crippen LogP contribution in [0.25, 0.3) is 0 Å². The Morgan fingerprint density at radius 3 is 3.06 bits per heavy atom. The van der Waals surface area contributed by atoms with Crippen LogP contribution in [0.3, 0.4) is 0 Å². The second-order valence-electron chi connectivity index (χ2n) is 3.42. The Morgan fingerprint density at radius 2 is 2.31 bits per heavy atom. The number of hydrogen-bond donors (Lipinski definition) is 2. The number of H-pyrrole nitrogens is 1. The van der Waals surface area contributed by atoms with Crippen molar-refractivity contribution in [2.24, 2.45) is 0 Å². The van der Waals surface area contributed by atoms with Crippen molar-refractivity contribution in [1.29, 1.82) is 0 Å². The molecule has 0 aliphatic rings. The summed E-state index contributed by atoms with van der Waals surface area (Å²) in [6.07, 6.45) is 8.90. The van der Waals surface area contributed by atoms with Crippen molar-refractivity contribution in [3.05, 3.63) is 41.7 Å². The summed E-state index contributed by atoms with van der Waals surface area (Å²) in [4.78, 5) is 11.2. The summed E-state index contributed by atoms with van der Waals surface area (Å²) < 4.78 is 0. The van der Waals surface area contributed by atoms with Crippen LogP contribution in [0, 0.1) is 0 Å². The molecule has 2 aromatic heterocycles. The SMILES string of the molecule is Clc1cnccc1NCCCc1ncc[nH]1. The van der Waals surface area contributed by atoms with Crippen LogP contribution in [0.5, 0.6) is 0 Å². The molecule has 0 fully saturated rings. The number of aryl methyl sites for hydroxylation is 1. The summed E-state index contributed by atoms with van der Waals surface area (Å²) in [6.45, 7) is 0.866. The van der Waals surface area contributed by atoms with E-state index in [9.17, 15) is 0 Å². The van der Waals surface area contributed by atoms with Gasteiger partial charge in [-0.3, -0.25) is 4.98 Å². The van der Waals surface area contributed by atoms with E-state index in [-0.39, 0.29) is 0 Å². The maximum atomic E-state index is 5.96. The molecule has 0 amide bonds. The van der Waals surface area contributed by atoms with E-state index in [1.54, 1.807) is 18.6 Å². The van der Waals surface area contributed by atoms with Gasteiger partial charge >= 0.3 is 0 Å². The molecular weight excluding hydrogens is 224 g/mol. The first kappa shape index (κ1) is 11.0. The highest BCUT2D eigenvalue weighted by molar-refractivity contribution is 6.33. The van der Waals surface area contributed by atoms with Crippen molar-refractivity contribution in [1.82, 2.24) is 15.0 Å². The Labute approximate surface area is 99.1 Å². The van der Waals surface area contributed by atoms with Crippen molar-refractivity contribution in [2.45, 2.75) is 12.8 Å². The Kier molecular flexibility index (Phi) is 3.77. The first-order chi connectivity index (χ1) is 7.86. The van der Waals surface area contributed by atoms with Gasteiger partial charge in [-0.05, 0) is 12.5 Å². The van der Waals surface area contributed by atoms with Crippen molar-refractivity contribution >= 4 is 17.3 Å². The maximum Gasteiger partial charge on any atom is 0.106 e. The number of hydrogen-bond acceptors (Lipinski definition) is 3. The van der Waals surface area contributed by atoms with Crippen molar-refractivity contribution in [3.8, 4) is 0 Å². The van der Waals surface area contributed by atoms with Gasteiger partial charge in [-0.25, -0.2) is 4.98 Å². The third-order valence-corrected chi connectivity index (χ3v) is 2.53. The molecule has 2 rings (SSSR count). The largest absolute Gasteiger partial charge is 0.384 e. The minimum atomic E-state index is 0.653. The average molecular weight is 237 g/mol. The number of rotatable bonds is 5. The maximum absolute atomic E-state index is 5.96. The molecule has 4 nitrogen and oxygen atoms in total. The fourth-order valence-electron chi connectivity index (χ4n) is 1.43. The highest BCUT2D eigenvalue weighted by Gasteiger charge is 1.98. The fraction of sp³-hybridized carbons (Fsp3) is 0.273. The van der Waals surface area contributed by atoms with Crippen LogP contribution in [0.4, 0.5) is 5.69 Å². The van der Waals surface area contributed by atoms with Crippen molar-refractivity contribution in [2.75, 3.05) is 11.9 Å². The molecule has 0 bridgehead atoms. The first-order valence-electron chi connectivity index (χ1n) is 5.18. The molecule has 0 aliphatic heterocycles. The van der Waals surface area contributed by atoms with Crippen LogP contribution in [0.1, 0.15) is 12.2 Å². The van der Waals surface area contributed by atoms with E-state index in [0.29, 0.717) is 5.02 Å². The summed E-state index contributed by atoms with van der Waals surface area (Å²) in [5.41, 5.74) is 0.927. The molecule has 0 atom stereocenters. The smallest absolute Gasteiger partial charge is 0.106 e. The third kappa shape index (κ3) is 2.97. The zero-order valence-electron chi connectivity index (χ0n) is 8.78. The molecule has 2 heterocycles. The lowest BCUT2D eigenvalue weighted by Gasteiger charge is -2.06. The molecule has 84 valence electrons. The van der Waals surface area contributed by atoms with Crippen LogP contribution in [0.15, 0.2) is 30.9 Å². The van der Waals surface area contributed by atoms with Gasteiger partial charge in [-0.1, -0.05) is 11.6 Å². The molecule has 16 heavy (non-hydrogen) atoms. The van der Waals surface area contributed by atoms with Crippen LogP contribution in [-0.4, -0.2) is 21.5 Å². The highest BCUT2D eigenvalue weighted by atomic mass is 35.5. The van der Waals surface area contributed by atoms with Gasteiger partial charge in [0.25, 0.3) is 0 Å². The zero-order chi connectivity index (χ0) is 11.2. The number of imidazole rings is 1. The summed E-state index contributed by atoms with van der Waals surface area (Å²) in [5.74, 6) is 1.02. The van der Waals surface area contributed by atoms with Crippen LogP contribution < -0.4 is 5.32 Å². The molecule has 0 saturated carbocycles. The van der Waals surface area contributed by atoms with Gasteiger partial charge < -0.3 is 10.3 Å². The fourth-order valence-corrected chi connectivity index (χ4v) is 1.62. The lowest BCUT2D eigenvalue weighted by atomic mass is 10.3. The molecule has 2 aromatic rings. The quantitative estimate of drug-likeness (QED) is 0.785. The van der Waals surface area contributed by atoms with E-state index in [4.69, 9.17) is 11.6 Å². The monoisotopic (exact) mass is 236 g/mol. The zero-order valence-corrected chi connectivity index (χ0v) is 9.54. The number of anilines is 1. The van der Waals surface area contributed by atoms with Gasteiger partial charge in [-0.15, -0.1) is 0 Å². The van der Waals surface area contributed by atoms with Gasteiger partial charge in [0.15, 0.2) is 0 Å². The van der Waals surface area contributed by atoms with E-state index in [1.165, 1.54) is 0 Å². The predicted octanol–water partition coefficient (Wildman–Crippen LogP) is 2.50. The lowest BCUT2D eigenvalue weighted by Crippen LogP contribution is -2.04. The summed E-state index contributed by atoms with van der Waals surface area (Å²) >= 11 is 5.96. The van der Waals surface area contributed by atoms with Gasteiger partial charge in [-0.2, -0.15) is 0 Å². The lowest BCUT2D eigenvalue weighted by molar-refractivity contribution is 0.816. The molecule has 0 aliphatic carbocycles. The molecule has 0 radical (unpaired) electrons. The first-order valence-corrected chi connectivity index (χ1v) is 5.55. The third-order valence-electron chi connectivity index (χ3n) is 2.23. The number of aromatic amines is 1. The van der Waals surface area contributed by atoms with E-state index >= 15 is 0 Å². The topological polar surface area (TPSA) is 53.6 Å². The minimum Gasteiger partial charge on any atom is -0.384 e. The molecule has 0 unspecified atom stereocenters. The van der Waals surface area contributed by atoms with Crippen LogP contribution in [-0.2, 0) is 6.42 Å². The second-order valence-corrected chi connectivity index (χ2v) is 3.83. The van der Waals surface area contributed by atoms with Gasteiger partial charge in [0, 0.05) is 37.8 Å². The molecule has 2 N–H and O–H groups in total. The molecule has 0 spiro atoms. The normalized spacial score (nSPS) is 10.3. The van der Waals surface area contributed by atoms with Crippen molar-refractivity contribution < 1.29 is 0 Å².